The second kappa shape index (κ2) is 10.9. The molecule has 1 amide bonds. The number of rotatable bonds is 10. The van der Waals surface area contributed by atoms with Crippen molar-refractivity contribution in [3.8, 4) is 5.75 Å². The maximum atomic E-state index is 13.8. The summed E-state index contributed by atoms with van der Waals surface area (Å²) < 4.78 is 58.4. The number of halogens is 3. The molecular formula is C28H34F3NO5. The van der Waals surface area contributed by atoms with E-state index in [1.807, 2.05) is 12.1 Å². The smallest absolute Gasteiger partial charge is 0.419 e. The number of hydrogen-bond donors (Lipinski definition) is 2. The molecule has 0 radical (unpaired) electrons. The number of hydrogen-bond acceptors (Lipinski definition) is 4. The zero-order valence-electron chi connectivity index (χ0n) is 21.2. The molecule has 9 heteroatoms. The molecule has 202 valence electrons. The van der Waals surface area contributed by atoms with Crippen LogP contribution in [0.3, 0.4) is 0 Å². The Kier molecular flexibility index (Phi) is 8.04. The Morgan fingerprint density at radius 1 is 1.08 bits per heavy atom. The van der Waals surface area contributed by atoms with Crippen LogP contribution in [0.2, 0.25) is 0 Å². The molecular weight excluding hydrogens is 487 g/mol. The summed E-state index contributed by atoms with van der Waals surface area (Å²) in [7, 11) is 0. The van der Waals surface area contributed by atoms with E-state index < -0.39 is 29.2 Å². The molecule has 0 spiro atoms. The Bertz CT molecular complexity index is 1090. The maximum Gasteiger partial charge on any atom is 0.419 e. The Balaban J connectivity index is 1.37. The van der Waals surface area contributed by atoms with E-state index in [-0.39, 0.29) is 38.4 Å². The third-order valence-corrected chi connectivity index (χ3v) is 6.87. The van der Waals surface area contributed by atoms with Gasteiger partial charge in [0, 0.05) is 0 Å². The van der Waals surface area contributed by atoms with Crippen LogP contribution in [-0.4, -0.2) is 42.3 Å². The number of aryl methyl sites for hydroxylation is 2. The fourth-order valence-electron chi connectivity index (χ4n) is 4.55. The minimum Gasteiger partial charge on any atom is -0.493 e. The third kappa shape index (κ3) is 7.61. The van der Waals surface area contributed by atoms with Crippen molar-refractivity contribution in [2.75, 3.05) is 19.8 Å². The molecule has 4 rings (SSSR count). The number of benzene rings is 2. The van der Waals surface area contributed by atoms with Crippen molar-refractivity contribution in [2.24, 2.45) is 0 Å². The van der Waals surface area contributed by atoms with Gasteiger partial charge < -0.3 is 24.6 Å². The van der Waals surface area contributed by atoms with Gasteiger partial charge in [0.05, 0.1) is 30.9 Å². The molecule has 0 unspecified atom stereocenters. The van der Waals surface area contributed by atoms with Gasteiger partial charge in [-0.25, -0.2) is 4.79 Å². The highest BCUT2D eigenvalue weighted by molar-refractivity contribution is 5.65. The molecule has 1 heterocycles. The van der Waals surface area contributed by atoms with Crippen molar-refractivity contribution in [3.63, 3.8) is 0 Å². The topological polar surface area (TPSA) is 77.0 Å². The van der Waals surface area contributed by atoms with E-state index in [4.69, 9.17) is 14.2 Å². The average molecular weight is 522 g/mol. The van der Waals surface area contributed by atoms with Gasteiger partial charge in [-0.2, -0.15) is 13.2 Å². The van der Waals surface area contributed by atoms with E-state index in [0.717, 1.165) is 12.5 Å². The predicted molar refractivity (Wildman–Crippen MR) is 132 cm³/mol. The zero-order chi connectivity index (χ0) is 26.7. The van der Waals surface area contributed by atoms with Gasteiger partial charge in [-0.15, -0.1) is 0 Å². The highest BCUT2D eigenvalue weighted by Gasteiger charge is 2.41. The van der Waals surface area contributed by atoms with Crippen molar-refractivity contribution < 1.29 is 37.3 Å². The average Bonchev–Trinajstić information content (AvgIpc) is 3.68. The number of ether oxygens (including phenoxy) is 3. The second-order valence-corrected chi connectivity index (χ2v) is 10.5. The molecule has 1 aliphatic carbocycles. The van der Waals surface area contributed by atoms with Crippen molar-refractivity contribution in [2.45, 2.75) is 75.8 Å². The van der Waals surface area contributed by atoms with Crippen LogP contribution in [0.5, 0.6) is 5.75 Å². The first-order chi connectivity index (χ1) is 17.4. The zero-order valence-corrected chi connectivity index (χ0v) is 21.2. The number of carbonyl (C=O) groups is 1. The standard InChI is InChI=1S/C28H34F3NO5/c1-26(2)36-17-27(18-37-26,32-25(33)34)13-12-20-8-11-24(23(16-20)28(29,30)31)35-14-4-6-19-5-3-7-22(15-19)21-9-10-21/h3,5,7-8,11,15-16,21,32H,4,6,9-10,12-14,17-18H2,1-2H3,(H,33,34). The molecule has 1 saturated carbocycles. The van der Waals surface area contributed by atoms with E-state index in [0.29, 0.717) is 17.9 Å². The van der Waals surface area contributed by atoms with E-state index >= 15 is 0 Å². The summed E-state index contributed by atoms with van der Waals surface area (Å²) in [6, 6.07) is 12.4. The van der Waals surface area contributed by atoms with Gasteiger partial charge in [-0.05, 0) is 87.1 Å². The fourth-order valence-corrected chi connectivity index (χ4v) is 4.55. The molecule has 2 aromatic carbocycles. The van der Waals surface area contributed by atoms with Crippen LogP contribution in [0.1, 0.15) is 67.7 Å². The number of amides is 1. The lowest BCUT2D eigenvalue weighted by Gasteiger charge is -2.43. The Morgan fingerprint density at radius 3 is 2.43 bits per heavy atom. The lowest BCUT2D eigenvalue weighted by Crippen LogP contribution is -2.61. The number of nitrogens with one attached hydrogen (secondary N) is 1. The molecule has 1 aliphatic heterocycles. The van der Waals surface area contributed by atoms with Crippen molar-refractivity contribution in [3.05, 3.63) is 64.7 Å². The Hall–Kier alpha value is -2.78. The molecule has 6 nitrogen and oxygen atoms in total. The van der Waals surface area contributed by atoms with E-state index in [1.165, 1.54) is 30.0 Å². The van der Waals surface area contributed by atoms with Crippen LogP contribution in [-0.2, 0) is 28.5 Å². The normalized spacial score (nSPS) is 18.8. The number of carboxylic acid groups (broad SMARTS) is 1. The molecule has 37 heavy (non-hydrogen) atoms. The van der Waals surface area contributed by atoms with Crippen molar-refractivity contribution in [1.82, 2.24) is 5.32 Å². The van der Waals surface area contributed by atoms with Crippen LogP contribution in [0, 0.1) is 0 Å². The Morgan fingerprint density at radius 2 is 1.78 bits per heavy atom. The predicted octanol–water partition coefficient (Wildman–Crippen LogP) is 6.32. The largest absolute Gasteiger partial charge is 0.493 e. The summed E-state index contributed by atoms with van der Waals surface area (Å²) in [5.41, 5.74) is 1.04. The minimum absolute atomic E-state index is 0.0587. The number of alkyl halides is 3. The minimum atomic E-state index is -4.58. The van der Waals surface area contributed by atoms with Crippen molar-refractivity contribution in [1.29, 1.82) is 0 Å². The third-order valence-electron chi connectivity index (χ3n) is 6.87. The van der Waals surface area contributed by atoms with E-state index in [2.05, 4.69) is 17.4 Å². The summed E-state index contributed by atoms with van der Waals surface area (Å²) in [4.78, 5) is 11.4. The lowest BCUT2D eigenvalue weighted by atomic mass is 9.91. The Labute approximate surface area is 215 Å². The van der Waals surface area contributed by atoms with Crippen molar-refractivity contribution >= 4 is 6.09 Å². The van der Waals surface area contributed by atoms with Gasteiger partial charge in [-0.1, -0.05) is 30.3 Å². The quantitative estimate of drug-likeness (QED) is 0.358. The molecule has 2 aliphatic rings. The van der Waals surface area contributed by atoms with Crippen LogP contribution >= 0.6 is 0 Å². The lowest BCUT2D eigenvalue weighted by molar-refractivity contribution is -0.271. The van der Waals surface area contributed by atoms with Crippen LogP contribution in [0.15, 0.2) is 42.5 Å². The highest BCUT2D eigenvalue weighted by Crippen LogP contribution is 2.40. The highest BCUT2D eigenvalue weighted by atomic mass is 19.4. The first-order valence-electron chi connectivity index (χ1n) is 12.7. The SMILES string of the molecule is CC1(C)OCC(CCc2ccc(OCCCc3cccc(C4CC4)c3)c(C(F)(F)F)c2)(NC(=O)O)CO1. The molecule has 2 N–H and O–H groups in total. The van der Waals surface area contributed by atoms with Gasteiger partial charge >= 0.3 is 12.3 Å². The first kappa shape index (κ1) is 27.3. The summed E-state index contributed by atoms with van der Waals surface area (Å²) in [6.07, 6.45) is -1.62. The van der Waals surface area contributed by atoms with Gasteiger partial charge in [0.1, 0.15) is 5.75 Å². The summed E-state index contributed by atoms with van der Waals surface area (Å²) in [5, 5.41) is 11.7. The molecule has 0 aromatic heterocycles. The molecule has 0 atom stereocenters. The molecule has 2 aromatic rings. The van der Waals surface area contributed by atoms with Gasteiger partial charge in [0.15, 0.2) is 5.79 Å². The van der Waals surface area contributed by atoms with Crippen LogP contribution in [0.4, 0.5) is 18.0 Å². The van der Waals surface area contributed by atoms with Crippen LogP contribution in [0.25, 0.3) is 0 Å². The fraction of sp³-hybridized carbons (Fsp3) is 0.536. The molecule has 1 saturated heterocycles. The van der Waals surface area contributed by atoms with E-state index in [1.54, 1.807) is 19.9 Å². The van der Waals surface area contributed by atoms with Gasteiger partial charge in [-0.3, -0.25) is 0 Å². The van der Waals surface area contributed by atoms with Gasteiger partial charge in [0.25, 0.3) is 0 Å². The molecule has 0 bridgehead atoms. The monoisotopic (exact) mass is 521 g/mol. The second-order valence-electron chi connectivity index (χ2n) is 10.5. The van der Waals surface area contributed by atoms with Gasteiger partial charge in [0.2, 0.25) is 0 Å². The maximum absolute atomic E-state index is 13.8. The van der Waals surface area contributed by atoms with E-state index in [9.17, 15) is 23.1 Å². The van der Waals surface area contributed by atoms with Crippen LogP contribution < -0.4 is 10.1 Å². The summed E-state index contributed by atoms with van der Waals surface area (Å²) in [5.74, 6) is -0.400. The first-order valence-corrected chi connectivity index (χ1v) is 12.7. The summed E-state index contributed by atoms with van der Waals surface area (Å²) >= 11 is 0. The summed E-state index contributed by atoms with van der Waals surface area (Å²) in [6.45, 7) is 3.73. The molecule has 2 fully saturated rings.